The number of carbonyl (C=O) groups excluding carboxylic acids is 1. The molecule has 0 atom stereocenters. The lowest BCUT2D eigenvalue weighted by Crippen LogP contribution is -2.07. The molecule has 0 saturated carbocycles. The average Bonchev–Trinajstić information content (AvgIpc) is 2.74. The number of ether oxygens (including phenoxy) is 1. The van der Waals surface area contributed by atoms with Gasteiger partial charge in [-0.1, -0.05) is 0 Å². The number of aryl methyl sites for hydroxylation is 2. The van der Waals surface area contributed by atoms with E-state index >= 15 is 0 Å². The maximum absolute atomic E-state index is 13.1. The maximum atomic E-state index is 13.1. The Labute approximate surface area is 120 Å². The fourth-order valence-corrected chi connectivity index (χ4v) is 2.59. The van der Waals surface area contributed by atoms with Gasteiger partial charge in [0.25, 0.3) is 0 Å². The van der Waals surface area contributed by atoms with E-state index in [-0.39, 0.29) is 5.82 Å². The number of halogens is 1. The standard InChI is InChI=1S/C14H15FN2O2S/c1-4-19-14(18)12-9(3)17-20-13(12)16-11-6-5-10(15)7-8(11)2/h5-7,16H,4H2,1-3H3. The van der Waals surface area contributed by atoms with Crippen molar-refractivity contribution < 1.29 is 13.9 Å². The zero-order valence-electron chi connectivity index (χ0n) is 11.5. The van der Waals surface area contributed by atoms with Gasteiger partial charge in [-0.3, -0.25) is 0 Å². The van der Waals surface area contributed by atoms with E-state index in [1.54, 1.807) is 26.8 Å². The summed E-state index contributed by atoms with van der Waals surface area (Å²) in [4.78, 5) is 11.9. The van der Waals surface area contributed by atoms with E-state index < -0.39 is 5.97 Å². The van der Waals surface area contributed by atoms with E-state index in [2.05, 4.69) is 9.69 Å². The van der Waals surface area contributed by atoms with E-state index in [4.69, 9.17) is 4.74 Å². The molecule has 0 radical (unpaired) electrons. The number of rotatable bonds is 4. The van der Waals surface area contributed by atoms with Gasteiger partial charge in [-0.05, 0) is 56.1 Å². The Morgan fingerprint density at radius 2 is 2.20 bits per heavy atom. The van der Waals surface area contributed by atoms with Crippen LogP contribution < -0.4 is 5.32 Å². The Balaban J connectivity index is 2.32. The lowest BCUT2D eigenvalue weighted by molar-refractivity contribution is 0.0527. The van der Waals surface area contributed by atoms with Gasteiger partial charge < -0.3 is 10.1 Å². The minimum Gasteiger partial charge on any atom is -0.462 e. The van der Waals surface area contributed by atoms with Crippen molar-refractivity contribution in [2.45, 2.75) is 20.8 Å². The number of aromatic nitrogens is 1. The molecule has 1 aromatic carbocycles. The Kier molecular flexibility index (Phi) is 4.34. The maximum Gasteiger partial charge on any atom is 0.343 e. The van der Waals surface area contributed by atoms with Gasteiger partial charge in [0.1, 0.15) is 16.4 Å². The van der Waals surface area contributed by atoms with Gasteiger partial charge in [-0.15, -0.1) is 0 Å². The van der Waals surface area contributed by atoms with E-state index in [1.807, 2.05) is 0 Å². The Bertz CT molecular complexity index is 640. The lowest BCUT2D eigenvalue weighted by Gasteiger charge is -2.09. The van der Waals surface area contributed by atoms with Crippen molar-refractivity contribution >= 4 is 28.2 Å². The molecule has 2 aromatic rings. The number of hydrogen-bond donors (Lipinski definition) is 1. The third kappa shape index (κ3) is 2.96. The molecule has 0 saturated heterocycles. The third-order valence-electron chi connectivity index (χ3n) is 2.78. The number of carbonyl (C=O) groups is 1. The van der Waals surface area contributed by atoms with E-state index in [0.29, 0.717) is 22.9 Å². The highest BCUT2D eigenvalue weighted by Crippen LogP contribution is 2.30. The minimum absolute atomic E-state index is 0.292. The predicted octanol–water partition coefficient (Wildman–Crippen LogP) is 3.82. The molecule has 0 spiro atoms. The Morgan fingerprint density at radius 3 is 2.85 bits per heavy atom. The molecule has 0 aliphatic carbocycles. The summed E-state index contributed by atoms with van der Waals surface area (Å²) < 4.78 is 22.3. The van der Waals surface area contributed by atoms with Gasteiger partial charge in [0.2, 0.25) is 0 Å². The monoisotopic (exact) mass is 294 g/mol. The van der Waals surface area contributed by atoms with Crippen LogP contribution in [0.25, 0.3) is 0 Å². The fraction of sp³-hybridized carbons (Fsp3) is 0.286. The lowest BCUT2D eigenvalue weighted by atomic mass is 10.2. The van der Waals surface area contributed by atoms with Crippen LogP contribution in [0.1, 0.15) is 28.5 Å². The molecule has 0 amide bonds. The highest BCUT2D eigenvalue weighted by molar-refractivity contribution is 7.10. The van der Waals surface area contributed by atoms with Gasteiger partial charge in [-0.2, -0.15) is 4.37 Å². The van der Waals surface area contributed by atoms with E-state index in [1.165, 1.54) is 23.7 Å². The van der Waals surface area contributed by atoms with Gasteiger partial charge >= 0.3 is 5.97 Å². The predicted molar refractivity (Wildman–Crippen MR) is 77.2 cm³/mol. The largest absolute Gasteiger partial charge is 0.462 e. The van der Waals surface area contributed by atoms with Gasteiger partial charge in [-0.25, -0.2) is 9.18 Å². The number of nitrogens with zero attached hydrogens (tertiary/aromatic N) is 1. The van der Waals surface area contributed by atoms with E-state index in [9.17, 15) is 9.18 Å². The van der Waals surface area contributed by atoms with Crippen molar-refractivity contribution in [1.29, 1.82) is 0 Å². The van der Waals surface area contributed by atoms with Crippen LogP contribution in [0.4, 0.5) is 15.1 Å². The Hall–Kier alpha value is -1.95. The van der Waals surface area contributed by atoms with Gasteiger partial charge in [0, 0.05) is 5.69 Å². The number of nitrogens with one attached hydrogen (secondary N) is 1. The number of benzene rings is 1. The summed E-state index contributed by atoms with van der Waals surface area (Å²) in [6.45, 7) is 5.61. The summed E-state index contributed by atoms with van der Waals surface area (Å²) in [5.74, 6) is -0.694. The molecule has 1 aromatic heterocycles. The van der Waals surface area contributed by atoms with Crippen molar-refractivity contribution in [2.24, 2.45) is 0 Å². The highest BCUT2D eigenvalue weighted by atomic mass is 32.1. The van der Waals surface area contributed by atoms with Crippen LogP contribution in [0.15, 0.2) is 18.2 Å². The zero-order chi connectivity index (χ0) is 14.7. The summed E-state index contributed by atoms with van der Waals surface area (Å²) in [6, 6.07) is 4.43. The molecular weight excluding hydrogens is 279 g/mol. The molecule has 2 rings (SSSR count). The first-order valence-electron chi connectivity index (χ1n) is 6.19. The second-order valence-corrected chi connectivity index (χ2v) is 5.05. The first kappa shape index (κ1) is 14.5. The Morgan fingerprint density at radius 1 is 1.45 bits per heavy atom. The summed E-state index contributed by atoms with van der Waals surface area (Å²) in [7, 11) is 0. The zero-order valence-corrected chi connectivity index (χ0v) is 12.3. The number of hydrogen-bond acceptors (Lipinski definition) is 5. The summed E-state index contributed by atoms with van der Waals surface area (Å²) in [6.07, 6.45) is 0. The summed E-state index contributed by atoms with van der Waals surface area (Å²) in [5.41, 5.74) is 2.54. The molecule has 6 heteroatoms. The second-order valence-electron chi connectivity index (χ2n) is 4.28. The van der Waals surface area contributed by atoms with Crippen LogP contribution in [0.5, 0.6) is 0 Å². The third-order valence-corrected chi connectivity index (χ3v) is 3.63. The number of esters is 1. The second kappa shape index (κ2) is 6.00. The molecule has 1 N–H and O–H groups in total. The van der Waals surface area contributed by atoms with Gasteiger partial charge in [0.05, 0.1) is 12.3 Å². The van der Waals surface area contributed by atoms with Crippen LogP contribution in [-0.2, 0) is 4.74 Å². The first-order chi connectivity index (χ1) is 9.52. The topological polar surface area (TPSA) is 51.2 Å². The molecule has 106 valence electrons. The van der Waals surface area contributed by atoms with Crippen LogP contribution in [0, 0.1) is 19.7 Å². The van der Waals surface area contributed by atoms with Crippen molar-refractivity contribution in [1.82, 2.24) is 4.37 Å². The molecule has 0 aliphatic heterocycles. The average molecular weight is 294 g/mol. The number of anilines is 2. The van der Waals surface area contributed by atoms with Crippen molar-refractivity contribution in [3.8, 4) is 0 Å². The van der Waals surface area contributed by atoms with Crippen LogP contribution in [-0.4, -0.2) is 16.9 Å². The quantitative estimate of drug-likeness (QED) is 0.871. The first-order valence-corrected chi connectivity index (χ1v) is 6.96. The van der Waals surface area contributed by atoms with Crippen LogP contribution in [0.3, 0.4) is 0 Å². The normalized spacial score (nSPS) is 10.4. The highest BCUT2D eigenvalue weighted by Gasteiger charge is 2.20. The van der Waals surface area contributed by atoms with E-state index in [0.717, 1.165) is 11.3 Å². The van der Waals surface area contributed by atoms with Crippen LogP contribution in [0.2, 0.25) is 0 Å². The molecular formula is C14H15FN2O2S. The molecule has 0 fully saturated rings. The van der Waals surface area contributed by atoms with Crippen molar-refractivity contribution in [2.75, 3.05) is 11.9 Å². The van der Waals surface area contributed by atoms with Gasteiger partial charge in [0.15, 0.2) is 0 Å². The molecule has 0 aliphatic rings. The molecule has 4 nitrogen and oxygen atoms in total. The summed E-state index contributed by atoms with van der Waals surface area (Å²) in [5, 5.41) is 3.72. The summed E-state index contributed by atoms with van der Waals surface area (Å²) >= 11 is 1.18. The molecule has 1 heterocycles. The smallest absolute Gasteiger partial charge is 0.343 e. The molecule has 20 heavy (non-hydrogen) atoms. The molecule has 0 unspecified atom stereocenters. The minimum atomic E-state index is -0.402. The molecule has 0 bridgehead atoms. The SMILES string of the molecule is CCOC(=O)c1c(C)nsc1Nc1ccc(F)cc1C. The van der Waals surface area contributed by atoms with Crippen LogP contribution >= 0.6 is 11.5 Å². The van der Waals surface area contributed by atoms with Crippen molar-refractivity contribution in [3.05, 3.63) is 40.8 Å². The van der Waals surface area contributed by atoms with Crippen molar-refractivity contribution in [3.63, 3.8) is 0 Å². The fourth-order valence-electron chi connectivity index (χ4n) is 1.79.